The lowest BCUT2D eigenvalue weighted by molar-refractivity contribution is -0.132. The van der Waals surface area contributed by atoms with Gasteiger partial charge in [-0.15, -0.1) is 0 Å². The molecular weight excluding hydrogens is 704 g/mol. The van der Waals surface area contributed by atoms with Gasteiger partial charge in [-0.2, -0.15) is 0 Å². The predicted molar refractivity (Wildman–Crippen MR) is 197 cm³/mol. The van der Waals surface area contributed by atoms with E-state index in [2.05, 4.69) is 15.5 Å². The van der Waals surface area contributed by atoms with Gasteiger partial charge in [0.1, 0.15) is 6.10 Å². The summed E-state index contributed by atoms with van der Waals surface area (Å²) < 4.78 is 6.34. The van der Waals surface area contributed by atoms with Crippen molar-refractivity contribution in [3.63, 3.8) is 0 Å². The second kappa shape index (κ2) is 16.5. The first-order valence-corrected chi connectivity index (χ1v) is 18.3. The third-order valence-corrected chi connectivity index (χ3v) is 10.1. The summed E-state index contributed by atoms with van der Waals surface area (Å²) >= 11 is 25.1. The highest BCUT2D eigenvalue weighted by Crippen LogP contribution is 2.39. The molecule has 11 heteroatoms. The van der Waals surface area contributed by atoms with E-state index < -0.39 is 35.6 Å². The monoisotopic (exact) mass is 745 g/mol. The van der Waals surface area contributed by atoms with Gasteiger partial charge in [0.15, 0.2) is 0 Å². The molecule has 3 aromatic carbocycles. The van der Waals surface area contributed by atoms with Gasteiger partial charge in [-0.1, -0.05) is 96.0 Å². The highest BCUT2D eigenvalue weighted by atomic mass is 35.5. The number of carbonyl (C=O) groups is 3. The molecule has 5 atom stereocenters. The molecule has 2 aliphatic rings. The summed E-state index contributed by atoms with van der Waals surface area (Å²) in [7, 11) is 0. The highest BCUT2D eigenvalue weighted by Gasteiger charge is 2.43. The Morgan fingerprint density at radius 3 is 2.00 bits per heavy atom. The molecule has 1 aliphatic carbocycles. The molecule has 7 nitrogen and oxygen atoms in total. The van der Waals surface area contributed by atoms with Gasteiger partial charge in [-0.05, 0) is 93.8 Å². The van der Waals surface area contributed by atoms with Gasteiger partial charge in [0.2, 0.25) is 5.91 Å². The largest absolute Gasteiger partial charge is 0.455 e. The fraction of sp³-hybridized carbons (Fsp3) is 0.447. The third kappa shape index (κ3) is 10.6. The van der Waals surface area contributed by atoms with E-state index in [1.807, 2.05) is 51.1 Å². The minimum Gasteiger partial charge on any atom is -0.455 e. The highest BCUT2D eigenvalue weighted by molar-refractivity contribution is 6.35. The zero-order chi connectivity index (χ0) is 35.3. The van der Waals surface area contributed by atoms with Crippen LogP contribution in [0.1, 0.15) is 79.2 Å². The van der Waals surface area contributed by atoms with Crippen molar-refractivity contribution in [3.8, 4) is 0 Å². The minimum absolute atomic E-state index is 0.0552. The van der Waals surface area contributed by atoms with Crippen LogP contribution in [0, 0.1) is 11.8 Å². The van der Waals surface area contributed by atoms with Crippen LogP contribution in [0.4, 0.5) is 0 Å². The summed E-state index contributed by atoms with van der Waals surface area (Å²) in [6.07, 6.45) is 4.67. The van der Waals surface area contributed by atoms with Crippen molar-refractivity contribution in [1.82, 2.24) is 15.5 Å². The number of rotatable bonds is 10. The van der Waals surface area contributed by atoms with E-state index in [-0.39, 0.29) is 23.6 Å². The van der Waals surface area contributed by atoms with Gasteiger partial charge >= 0.3 is 5.97 Å². The molecule has 2 amide bonds. The number of amides is 2. The van der Waals surface area contributed by atoms with Crippen LogP contribution < -0.4 is 10.6 Å². The lowest BCUT2D eigenvalue weighted by Crippen LogP contribution is -2.61. The summed E-state index contributed by atoms with van der Waals surface area (Å²) in [5.74, 6) is -0.254. The van der Waals surface area contributed by atoms with Crippen molar-refractivity contribution in [2.45, 2.75) is 83.0 Å². The van der Waals surface area contributed by atoms with Crippen molar-refractivity contribution >= 4 is 64.2 Å². The van der Waals surface area contributed by atoms with Crippen molar-refractivity contribution in [2.24, 2.45) is 11.8 Å². The van der Waals surface area contributed by atoms with E-state index in [4.69, 9.17) is 51.1 Å². The van der Waals surface area contributed by atoms with E-state index in [0.29, 0.717) is 51.3 Å². The SMILES string of the molecule is CC(C)(C)NC(=O)[C@@H]1C[C@@H]2CCCC[C@@H]2CN1C[C@@H](OC(=O)c1cc(Cl)cc(Cl)c1)[C@H](Cc1ccccc1)NC(=O)c1cc(Cl)cc(Cl)c1. The Morgan fingerprint density at radius 1 is 0.837 bits per heavy atom. The molecule has 262 valence electrons. The molecule has 1 aliphatic heterocycles. The lowest BCUT2D eigenvalue weighted by Gasteiger charge is -2.47. The van der Waals surface area contributed by atoms with Crippen molar-refractivity contribution in [2.75, 3.05) is 13.1 Å². The number of carbonyl (C=O) groups excluding carboxylic acids is 3. The van der Waals surface area contributed by atoms with Gasteiger partial charge in [0, 0.05) is 44.3 Å². The molecule has 1 heterocycles. The molecule has 0 aromatic heterocycles. The number of hydrogen-bond acceptors (Lipinski definition) is 5. The Hall–Kier alpha value is -2.81. The maximum absolute atomic E-state index is 13.9. The zero-order valence-electron chi connectivity index (χ0n) is 28.0. The normalized spacial score (nSPS) is 20.8. The van der Waals surface area contributed by atoms with Crippen LogP contribution in [0.15, 0.2) is 66.7 Å². The molecule has 0 unspecified atom stereocenters. The molecule has 2 N–H and O–H groups in total. The first-order valence-electron chi connectivity index (χ1n) is 16.8. The van der Waals surface area contributed by atoms with Crippen LogP contribution in [-0.4, -0.2) is 59.5 Å². The quantitative estimate of drug-likeness (QED) is 0.203. The number of esters is 1. The van der Waals surface area contributed by atoms with Crippen LogP contribution in [0.5, 0.6) is 0 Å². The van der Waals surface area contributed by atoms with Crippen molar-refractivity contribution in [3.05, 3.63) is 104 Å². The molecule has 2 fully saturated rings. The van der Waals surface area contributed by atoms with Crippen molar-refractivity contribution < 1.29 is 19.1 Å². The molecule has 5 rings (SSSR count). The van der Waals surface area contributed by atoms with Crippen LogP contribution in [-0.2, 0) is 16.0 Å². The Bertz CT molecular complexity index is 1610. The standard InChI is InChI=1S/C38H43Cl4N3O4/c1-38(2,3)44-36(47)33-18-24-11-7-8-12-25(24)21-45(33)22-34(49-37(48)27-16-30(41)20-31(42)17-27)32(13-23-9-5-4-6-10-23)43-35(46)26-14-28(39)19-29(40)15-26/h4-6,9-10,14-17,19-20,24-25,32-34H,7-8,11-13,18,21-22H2,1-3H3,(H,43,46)(H,44,47)/t24-,25+,32-,33-,34+/m0/s1. The number of halogens is 4. The maximum Gasteiger partial charge on any atom is 0.338 e. The molecule has 0 spiro atoms. The van der Waals surface area contributed by atoms with Gasteiger partial charge < -0.3 is 15.4 Å². The number of nitrogens with one attached hydrogen (secondary N) is 2. The first-order chi connectivity index (χ1) is 23.2. The number of piperidine rings is 1. The summed E-state index contributed by atoms with van der Waals surface area (Å²) in [5.41, 5.74) is 0.956. The van der Waals surface area contributed by atoms with Crippen LogP contribution in [0.3, 0.4) is 0 Å². The summed E-state index contributed by atoms with van der Waals surface area (Å²) in [5, 5.41) is 7.55. The molecule has 49 heavy (non-hydrogen) atoms. The van der Waals surface area contributed by atoms with Gasteiger partial charge in [0.25, 0.3) is 5.91 Å². The van der Waals surface area contributed by atoms with Crippen molar-refractivity contribution in [1.29, 1.82) is 0 Å². The smallest absolute Gasteiger partial charge is 0.338 e. The Balaban J connectivity index is 1.53. The Kier molecular flexibility index (Phi) is 12.6. The molecule has 1 saturated carbocycles. The average Bonchev–Trinajstić information content (AvgIpc) is 3.02. The summed E-state index contributed by atoms with van der Waals surface area (Å²) in [4.78, 5) is 43.7. The topological polar surface area (TPSA) is 87.7 Å². The minimum atomic E-state index is -0.880. The number of ether oxygens (including phenoxy) is 1. The molecule has 0 bridgehead atoms. The van der Waals surface area contributed by atoms with Crippen LogP contribution >= 0.6 is 46.4 Å². The summed E-state index contributed by atoms with van der Waals surface area (Å²) in [6.45, 7) is 6.79. The Labute approximate surface area is 309 Å². The van der Waals surface area contributed by atoms with E-state index in [0.717, 1.165) is 31.2 Å². The molecular formula is C38H43Cl4N3O4. The van der Waals surface area contributed by atoms with Gasteiger partial charge in [-0.3, -0.25) is 14.5 Å². The summed E-state index contributed by atoms with van der Waals surface area (Å²) in [6, 6.07) is 17.7. The second-order valence-electron chi connectivity index (χ2n) is 14.3. The average molecular weight is 748 g/mol. The van der Waals surface area contributed by atoms with Crippen LogP contribution in [0.25, 0.3) is 0 Å². The maximum atomic E-state index is 13.9. The number of hydrogen-bond donors (Lipinski definition) is 2. The fourth-order valence-corrected chi connectivity index (χ4v) is 8.11. The molecule has 1 saturated heterocycles. The van der Waals surface area contributed by atoms with E-state index >= 15 is 0 Å². The van der Waals surface area contributed by atoms with Crippen LogP contribution in [0.2, 0.25) is 20.1 Å². The number of nitrogens with zero attached hydrogens (tertiary/aromatic N) is 1. The van der Waals surface area contributed by atoms with Gasteiger partial charge in [-0.25, -0.2) is 4.79 Å². The predicted octanol–water partition coefficient (Wildman–Crippen LogP) is 8.66. The lowest BCUT2D eigenvalue weighted by atomic mass is 9.72. The number of likely N-dealkylation sites (tertiary alicyclic amines) is 1. The zero-order valence-corrected chi connectivity index (χ0v) is 31.0. The third-order valence-electron chi connectivity index (χ3n) is 9.26. The van der Waals surface area contributed by atoms with E-state index in [1.165, 1.54) is 24.3 Å². The van der Waals surface area contributed by atoms with Gasteiger partial charge in [0.05, 0.1) is 17.6 Å². The molecule has 3 aromatic rings. The first kappa shape index (κ1) is 37.4. The number of benzene rings is 3. The number of fused-ring (bicyclic) bond motifs is 1. The Morgan fingerprint density at radius 2 is 1.41 bits per heavy atom. The second-order valence-corrected chi connectivity index (χ2v) is 16.0. The molecule has 0 radical (unpaired) electrons. The van der Waals surface area contributed by atoms with E-state index in [9.17, 15) is 14.4 Å². The fourth-order valence-electron chi connectivity index (χ4n) is 7.06. The van der Waals surface area contributed by atoms with E-state index in [1.54, 1.807) is 12.1 Å².